The fourth-order valence-electron chi connectivity index (χ4n) is 3.07. The highest BCUT2D eigenvalue weighted by Crippen LogP contribution is 2.36. The number of amides is 1. The molecule has 1 aliphatic carbocycles. The van der Waals surface area contributed by atoms with Crippen molar-refractivity contribution in [3.05, 3.63) is 47.7 Å². The molecule has 2 atom stereocenters. The van der Waals surface area contributed by atoms with Crippen LogP contribution in [0, 0.1) is 0 Å². The number of rotatable bonds is 4. The molecule has 0 bridgehead atoms. The van der Waals surface area contributed by atoms with Crippen LogP contribution < -0.4 is 5.32 Å². The molecular weight excluding hydrogens is 319 g/mol. The summed E-state index contributed by atoms with van der Waals surface area (Å²) in [4.78, 5) is 16.6. The second-order valence-corrected chi connectivity index (χ2v) is 7.01. The van der Waals surface area contributed by atoms with Crippen LogP contribution in [-0.4, -0.2) is 34.3 Å². The van der Waals surface area contributed by atoms with Gasteiger partial charge in [-0.2, -0.15) is 0 Å². The predicted molar refractivity (Wildman–Crippen MR) is 97.1 cm³/mol. The van der Waals surface area contributed by atoms with Crippen LogP contribution in [0.15, 0.2) is 36.5 Å². The van der Waals surface area contributed by atoms with Crippen LogP contribution in [0.2, 0.25) is 0 Å². The van der Waals surface area contributed by atoms with Crippen LogP contribution in [0.1, 0.15) is 49.0 Å². The minimum absolute atomic E-state index is 0.200. The number of hydrogen-bond donors (Lipinski definition) is 2. The zero-order valence-corrected chi connectivity index (χ0v) is 14.6. The first kappa shape index (κ1) is 17.5. The van der Waals surface area contributed by atoms with E-state index in [0.29, 0.717) is 24.8 Å². The molecule has 0 aliphatic heterocycles. The number of para-hydroxylation sites is 1. The number of nitrogens with zero attached hydrogens (tertiary/aromatic N) is 1. The van der Waals surface area contributed by atoms with E-state index in [1.54, 1.807) is 26.1 Å². The molecule has 4 nitrogen and oxygen atoms in total. The lowest BCUT2D eigenvalue weighted by molar-refractivity contribution is 0.0924. The van der Waals surface area contributed by atoms with Gasteiger partial charge in [0.2, 0.25) is 0 Å². The predicted octanol–water partition coefficient (Wildman–Crippen LogP) is 3.64. The molecule has 0 spiro atoms. The molecule has 0 saturated carbocycles. The summed E-state index contributed by atoms with van der Waals surface area (Å²) in [5, 5.41) is 12.8. The zero-order valence-electron chi connectivity index (χ0n) is 14.6. The number of pyridine rings is 1. The number of hydrogen-bond acceptors (Lipinski definition) is 3. The van der Waals surface area contributed by atoms with Crippen molar-refractivity contribution in [1.29, 1.82) is 0 Å². The number of fused-ring (bicyclic) bond motifs is 1. The number of carbonyl (C=O) groups excluding carboxylic acids is 1. The molecule has 1 heterocycles. The summed E-state index contributed by atoms with van der Waals surface area (Å²) in [6, 6.07) is 7.64. The van der Waals surface area contributed by atoms with Crippen molar-refractivity contribution in [3.63, 3.8) is 0 Å². The average molecular weight is 342 g/mol. The number of carbonyl (C=O) groups is 1. The summed E-state index contributed by atoms with van der Waals surface area (Å²) in [7, 11) is 0. The van der Waals surface area contributed by atoms with E-state index in [1.807, 2.05) is 24.3 Å². The molecule has 1 aromatic carbocycles. The highest BCUT2D eigenvalue weighted by molar-refractivity contribution is 5.99. The van der Waals surface area contributed by atoms with E-state index in [1.165, 1.54) is 0 Å². The summed E-state index contributed by atoms with van der Waals surface area (Å²) < 4.78 is 14.0. The number of halogens is 1. The fourth-order valence-corrected chi connectivity index (χ4v) is 3.07. The van der Waals surface area contributed by atoms with Gasteiger partial charge in [0, 0.05) is 23.7 Å². The van der Waals surface area contributed by atoms with E-state index in [4.69, 9.17) is 0 Å². The third kappa shape index (κ3) is 4.04. The molecule has 25 heavy (non-hydrogen) atoms. The van der Waals surface area contributed by atoms with Crippen LogP contribution in [0.3, 0.4) is 0 Å². The second kappa shape index (κ2) is 6.92. The Morgan fingerprint density at radius 2 is 2.28 bits per heavy atom. The number of alkyl halides is 1. The molecule has 3 rings (SSSR count). The van der Waals surface area contributed by atoms with Crippen molar-refractivity contribution < 1.29 is 14.3 Å². The summed E-state index contributed by atoms with van der Waals surface area (Å²) in [5.74, 6) is -0.259. The molecule has 5 heteroatoms. The molecule has 2 aromatic rings. The van der Waals surface area contributed by atoms with Crippen molar-refractivity contribution in [2.75, 3.05) is 6.54 Å². The van der Waals surface area contributed by atoms with Gasteiger partial charge in [0.1, 0.15) is 5.67 Å². The first-order valence-electron chi connectivity index (χ1n) is 8.59. The number of benzene rings is 1. The topological polar surface area (TPSA) is 62.2 Å². The van der Waals surface area contributed by atoms with Crippen LogP contribution in [0.5, 0.6) is 0 Å². The maximum Gasteiger partial charge on any atom is 0.252 e. The largest absolute Gasteiger partial charge is 0.392 e. The van der Waals surface area contributed by atoms with Gasteiger partial charge in [-0.05, 0) is 44.7 Å². The molecular formula is C20H23FN2O2. The summed E-state index contributed by atoms with van der Waals surface area (Å²) >= 11 is 0. The number of nitrogens with one attached hydrogen (secondary N) is 1. The Morgan fingerprint density at radius 1 is 1.48 bits per heavy atom. The van der Waals surface area contributed by atoms with E-state index in [2.05, 4.69) is 10.3 Å². The third-order valence-electron chi connectivity index (χ3n) is 4.57. The lowest BCUT2D eigenvalue weighted by atomic mass is 9.85. The smallest absolute Gasteiger partial charge is 0.252 e. The van der Waals surface area contributed by atoms with Crippen molar-refractivity contribution >= 4 is 22.4 Å². The first-order valence-corrected chi connectivity index (χ1v) is 8.59. The SMILES string of the molecule is CC(O)CNC(=O)c1cnc2c(C3=CCC(C)(F)CC3)cccc2c1. The number of aromatic nitrogens is 1. The van der Waals surface area contributed by atoms with Crippen LogP contribution in [-0.2, 0) is 0 Å². The van der Waals surface area contributed by atoms with E-state index in [-0.39, 0.29) is 12.5 Å². The average Bonchev–Trinajstić information content (AvgIpc) is 2.58. The Labute approximate surface area is 146 Å². The number of aliphatic hydroxyl groups is 1. The molecule has 0 saturated heterocycles. The van der Waals surface area contributed by atoms with E-state index in [9.17, 15) is 14.3 Å². The fraction of sp³-hybridized carbons (Fsp3) is 0.400. The maximum absolute atomic E-state index is 14.0. The Bertz CT molecular complexity index is 828. The monoisotopic (exact) mass is 342 g/mol. The van der Waals surface area contributed by atoms with Gasteiger partial charge in [0.15, 0.2) is 0 Å². The molecule has 2 N–H and O–H groups in total. The number of aliphatic hydroxyl groups excluding tert-OH is 1. The summed E-state index contributed by atoms with van der Waals surface area (Å²) in [5.41, 5.74) is 2.27. The van der Waals surface area contributed by atoms with Gasteiger partial charge >= 0.3 is 0 Å². The van der Waals surface area contributed by atoms with Gasteiger partial charge in [-0.15, -0.1) is 0 Å². The molecule has 0 radical (unpaired) electrons. The normalized spacial score (nSPS) is 21.7. The number of allylic oxidation sites excluding steroid dienone is 2. The summed E-state index contributed by atoms with van der Waals surface area (Å²) in [6.07, 6.45) is 4.52. The van der Waals surface area contributed by atoms with Gasteiger partial charge in [0.05, 0.1) is 17.2 Å². The zero-order chi connectivity index (χ0) is 18.0. The Morgan fingerprint density at radius 3 is 2.96 bits per heavy atom. The van der Waals surface area contributed by atoms with Gasteiger partial charge in [0.25, 0.3) is 5.91 Å². The quantitative estimate of drug-likeness (QED) is 0.892. The molecule has 1 aliphatic rings. The molecule has 132 valence electrons. The van der Waals surface area contributed by atoms with Gasteiger partial charge in [-0.25, -0.2) is 4.39 Å². The lowest BCUT2D eigenvalue weighted by Gasteiger charge is -2.25. The molecule has 0 fully saturated rings. The molecule has 1 amide bonds. The van der Waals surface area contributed by atoms with Crippen LogP contribution in [0.4, 0.5) is 4.39 Å². The Balaban J connectivity index is 1.90. The van der Waals surface area contributed by atoms with E-state index >= 15 is 0 Å². The van der Waals surface area contributed by atoms with Crippen molar-refractivity contribution in [1.82, 2.24) is 10.3 Å². The molecule has 2 unspecified atom stereocenters. The van der Waals surface area contributed by atoms with Crippen molar-refractivity contribution in [3.8, 4) is 0 Å². The molecule has 1 aromatic heterocycles. The highest BCUT2D eigenvalue weighted by Gasteiger charge is 2.26. The van der Waals surface area contributed by atoms with E-state index in [0.717, 1.165) is 22.0 Å². The van der Waals surface area contributed by atoms with E-state index < -0.39 is 11.8 Å². The lowest BCUT2D eigenvalue weighted by Crippen LogP contribution is -2.30. The second-order valence-electron chi connectivity index (χ2n) is 7.01. The minimum Gasteiger partial charge on any atom is -0.392 e. The maximum atomic E-state index is 14.0. The standard InChI is InChI=1S/C20H23FN2O2/c1-13(24)11-23-19(25)16-10-15-4-3-5-17(18(15)22-12-16)14-6-8-20(2,21)9-7-14/h3-6,10,12-13,24H,7-9,11H2,1-2H3,(H,23,25). The van der Waals surface area contributed by atoms with Crippen molar-refractivity contribution in [2.24, 2.45) is 0 Å². The van der Waals surface area contributed by atoms with Gasteiger partial charge in [-0.3, -0.25) is 9.78 Å². The van der Waals surface area contributed by atoms with Gasteiger partial charge < -0.3 is 10.4 Å². The summed E-state index contributed by atoms with van der Waals surface area (Å²) in [6.45, 7) is 3.46. The Hall–Kier alpha value is -2.27. The minimum atomic E-state index is -1.13. The van der Waals surface area contributed by atoms with Crippen LogP contribution in [0.25, 0.3) is 16.5 Å². The van der Waals surface area contributed by atoms with Gasteiger partial charge in [-0.1, -0.05) is 24.3 Å². The van der Waals surface area contributed by atoms with Crippen molar-refractivity contribution in [2.45, 2.75) is 44.9 Å². The Kier molecular flexibility index (Phi) is 4.86. The first-order chi connectivity index (χ1) is 11.9. The van der Waals surface area contributed by atoms with Crippen LogP contribution >= 0.6 is 0 Å². The highest BCUT2D eigenvalue weighted by atomic mass is 19.1. The third-order valence-corrected chi connectivity index (χ3v) is 4.57.